The third-order valence-corrected chi connectivity index (χ3v) is 20.3. The topological polar surface area (TPSA) is 51.1 Å². The molecule has 0 spiro atoms. The van der Waals surface area contributed by atoms with Crippen molar-refractivity contribution in [2.45, 2.75) is 0 Å². The number of fused-ring (bicyclic) bond motifs is 17. The molecule has 5 aromatic heterocycles. The van der Waals surface area contributed by atoms with Crippen LogP contribution >= 0.6 is 22.7 Å². The molecular weight excluding hydrogens is 1100 g/mol. The minimum atomic E-state index is 0.388. The van der Waals surface area contributed by atoms with Crippen LogP contribution in [0, 0.1) is 17.9 Å². The first-order valence-electron chi connectivity index (χ1n) is 29.1. The van der Waals surface area contributed by atoms with Gasteiger partial charge in [0.2, 0.25) is 5.69 Å². The Labute approximate surface area is 506 Å². The van der Waals surface area contributed by atoms with E-state index in [0.29, 0.717) is 28.2 Å². The summed E-state index contributed by atoms with van der Waals surface area (Å²) in [6.07, 6.45) is 0. The van der Waals surface area contributed by atoms with E-state index in [2.05, 4.69) is 246 Å². The number of benzene rings is 13. The Morgan fingerprint density at radius 2 is 0.828 bits per heavy atom. The molecule has 18 rings (SSSR count). The Bertz CT molecular complexity index is 5840. The molecule has 0 bridgehead atoms. The van der Waals surface area contributed by atoms with Crippen LogP contribution in [0.4, 0.5) is 5.69 Å². The number of furan rings is 1. The van der Waals surface area contributed by atoms with Gasteiger partial charge in [0.05, 0.1) is 55.0 Å². The molecule has 18 aromatic rings. The molecule has 0 radical (unpaired) electrons. The SMILES string of the molecule is [C-]#[N+]c1c(-c2ccccc2)c(C#N)c(-n2c3c(ccc4c5cccc(-c6ccccc6)c5sc43)c3ccc4c5cccc(-c6ccccc6)c5sc4c32)c(-c2ccccc2)c1-n1c2ccccc2c2c(-c3ccc4oc5ccccc5c4c3)cccc21. The minimum absolute atomic E-state index is 0.388. The normalized spacial score (nSPS) is 11.9. The van der Waals surface area contributed by atoms with Crippen LogP contribution in [0.5, 0.6) is 0 Å². The van der Waals surface area contributed by atoms with Gasteiger partial charge in [-0.1, -0.05) is 237 Å². The van der Waals surface area contributed by atoms with Gasteiger partial charge in [-0.2, -0.15) is 5.26 Å². The standard InChI is InChI=1S/C80H44N4OS2/c1-82-72-69(49-25-10-4-11-26-49)64(46-81)73(70(50-27-12-5-13-28-50)76(72)83-65-36-16-14-30-62(65)71-52(31-20-37-66(71)83)51-39-44-68-63(45-51)55-29-15-17-38-67(55)85-68)84-74-56(40-42-60-58-34-18-32-53(77(58)86-79(60)74)47-21-6-2-7-22-47)57-41-43-61-59-35-19-33-54(48-23-8-3-9-24-48)78(59)87-80(61)75(57)84/h2-45H. The molecule has 0 amide bonds. The van der Waals surface area contributed by atoms with E-state index in [0.717, 1.165) is 125 Å². The number of nitrogens with zero attached hydrogens (tertiary/aromatic N) is 4. The van der Waals surface area contributed by atoms with Crippen molar-refractivity contribution in [3.05, 3.63) is 284 Å². The van der Waals surface area contributed by atoms with E-state index in [1.165, 1.54) is 31.3 Å². The van der Waals surface area contributed by atoms with Gasteiger partial charge >= 0.3 is 0 Å². The molecular formula is C80H44N4OS2. The minimum Gasteiger partial charge on any atom is -0.456 e. The molecule has 0 saturated carbocycles. The van der Waals surface area contributed by atoms with Gasteiger partial charge < -0.3 is 13.6 Å². The second-order valence-electron chi connectivity index (χ2n) is 22.3. The number of thiophene rings is 2. The lowest BCUT2D eigenvalue weighted by molar-refractivity contribution is 0.669. The lowest BCUT2D eigenvalue weighted by Gasteiger charge is -2.26. The Morgan fingerprint density at radius 3 is 1.43 bits per heavy atom. The fraction of sp³-hybridized carbons (Fsp3) is 0. The maximum Gasteiger partial charge on any atom is 0.220 e. The molecule has 0 unspecified atom stereocenters. The van der Waals surface area contributed by atoms with Crippen LogP contribution in [0.3, 0.4) is 0 Å². The van der Waals surface area contributed by atoms with E-state index in [4.69, 9.17) is 9.26 Å². The van der Waals surface area contributed by atoms with Crippen LogP contribution in [-0.2, 0) is 0 Å². The Morgan fingerprint density at radius 1 is 0.356 bits per heavy atom. The Kier molecular flexibility index (Phi) is 10.8. The van der Waals surface area contributed by atoms with Gasteiger partial charge in [-0.15, -0.1) is 22.7 Å². The number of para-hydroxylation sites is 2. The highest BCUT2D eigenvalue weighted by atomic mass is 32.1. The second kappa shape index (κ2) is 19.1. The van der Waals surface area contributed by atoms with Crippen molar-refractivity contribution >= 4 is 134 Å². The lowest BCUT2D eigenvalue weighted by Crippen LogP contribution is -2.09. The average Bonchev–Trinajstić information content (AvgIpc) is 1.78. The van der Waals surface area contributed by atoms with Crippen molar-refractivity contribution in [2.24, 2.45) is 0 Å². The van der Waals surface area contributed by atoms with Crippen molar-refractivity contribution in [3.8, 4) is 73.1 Å². The summed E-state index contributed by atoms with van der Waals surface area (Å²) in [6, 6.07) is 97.4. The van der Waals surface area contributed by atoms with E-state index in [9.17, 15) is 11.8 Å². The Hall–Kier alpha value is -11.3. The zero-order valence-corrected chi connectivity index (χ0v) is 48.1. The number of hydrogen-bond acceptors (Lipinski definition) is 4. The lowest BCUT2D eigenvalue weighted by atomic mass is 9.88. The van der Waals surface area contributed by atoms with Crippen molar-refractivity contribution < 1.29 is 4.42 Å². The predicted octanol–water partition coefficient (Wildman–Crippen LogP) is 23.3. The molecule has 13 aromatic carbocycles. The molecule has 0 aliphatic carbocycles. The molecule has 0 fully saturated rings. The molecule has 0 saturated heterocycles. The fourth-order valence-electron chi connectivity index (χ4n) is 14.1. The van der Waals surface area contributed by atoms with Gasteiger partial charge in [0.1, 0.15) is 17.2 Å². The summed E-state index contributed by atoms with van der Waals surface area (Å²) in [7, 11) is 0. The van der Waals surface area contributed by atoms with E-state index in [1.807, 2.05) is 59.1 Å². The van der Waals surface area contributed by atoms with Gasteiger partial charge in [-0.3, -0.25) is 0 Å². The Balaban J connectivity index is 1.07. The van der Waals surface area contributed by atoms with Crippen LogP contribution in [-0.4, -0.2) is 9.13 Å². The maximum absolute atomic E-state index is 12.6. The van der Waals surface area contributed by atoms with Crippen LogP contribution in [0.15, 0.2) is 271 Å². The van der Waals surface area contributed by atoms with Crippen LogP contribution in [0.2, 0.25) is 0 Å². The second-order valence-corrected chi connectivity index (χ2v) is 24.3. The molecule has 7 heteroatoms. The average molecular weight is 1140 g/mol. The molecule has 0 aliphatic rings. The maximum atomic E-state index is 12.6. The van der Waals surface area contributed by atoms with Crippen molar-refractivity contribution in [1.82, 2.24) is 9.13 Å². The monoisotopic (exact) mass is 1140 g/mol. The van der Waals surface area contributed by atoms with Crippen molar-refractivity contribution in [1.29, 1.82) is 5.26 Å². The van der Waals surface area contributed by atoms with Gasteiger partial charge in [0.15, 0.2) is 0 Å². The molecule has 402 valence electrons. The van der Waals surface area contributed by atoms with E-state index in [-0.39, 0.29) is 0 Å². The molecule has 5 nitrogen and oxygen atoms in total. The molecule has 0 N–H and O–H groups in total. The summed E-state index contributed by atoms with van der Waals surface area (Å²) in [6.45, 7) is 9.65. The predicted molar refractivity (Wildman–Crippen MR) is 366 cm³/mol. The number of aromatic nitrogens is 2. The highest BCUT2D eigenvalue weighted by Crippen LogP contribution is 2.56. The molecule has 87 heavy (non-hydrogen) atoms. The molecule has 0 atom stereocenters. The number of rotatable bonds is 7. The highest BCUT2D eigenvalue weighted by Gasteiger charge is 2.34. The summed E-state index contributed by atoms with van der Waals surface area (Å²) in [5.41, 5.74) is 17.6. The number of hydrogen-bond donors (Lipinski definition) is 0. The summed E-state index contributed by atoms with van der Waals surface area (Å²) in [4.78, 5) is 4.69. The van der Waals surface area contributed by atoms with E-state index in [1.54, 1.807) is 0 Å². The van der Waals surface area contributed by atoms with Gasteiger partial charge in [-0.25, -0.2) is 4.85 Å². The molecule has 5 heterocycles. The van der Waals surface area contributed by atoms with Gasteiger partial charge in [0.25, 0.3) is 0 Å². The first kappa shape index (κ1) is 49.1. The highest BCUT2D eigenvalue weighted by molar-refractivity contribution is 7.28. The van der Waals surface area contributed by atoms with E-state index < -0.39 is 0 Å². The zero-order valence-electron chi connectivity index (χ0n) is 46.4. The van der Waals surface area contributed by atoms with Crippen LogP contribution in [0.1, 0.15) is 5.56 Å². The third-order valence-electron chi connectivity index (χ3n) is 17.8. The summed E-state index contributed by atoms with van der Waals surface area (Å²) >= 11 is 3.63. The zero-order chi connectivity index (χ0) is 57.4. The summed E-state index contributed by atoms with van der Waals surface area (Å²) in [5.74, 6) is 0. The van der Waals surface area contributed by atoms with Gasteiger partial charge in [-0.05, 0) is 74.8 Å². The quantitative estimate of drug-likeness (QED) is 0.149. The summed E-state index contributed by atoms with van der Waals surface area (Å²) in [5, 5.41) is 23.6. The summed E-state index contributed by atoms with van der Waals surface area (Å²) < 4.78 is 15.8. The molecule has 0 aliphatic heterocycles. The van der Waals surface area contributed by atoms with Crippen LogP contribution in [0.25, 0.3) is 178 Å². The largest absolute Gasteiger partial charge is 0.456 e. The third kappa shape index (κ3) is 7.10. The van der Waals surface area contributed by atoms with Crippen LogP contribution < -0.4 is 0 Å². The number of nitriles is 1. The van der Waals surface area contributed by atoms with Crippen molar-refractivity contribution in [2.75, 3.05) is 0 Å². The van der Waals surface area contributed by atoms with Gasteiger partial charge in [0, 0.05) is 74.4 Å². The fourth-order valence-corrected chi connectivity index (χ4v) is 16.9. The van der Waals surface area contributed by atoms with Crippen molar-refractivity contribution in [3.63, 3.8) is 0 Å². The van der Waals surface area contributed by atoms with E-state index >= 15 is 0 Å². The first-order chi connectivity index (χ1) is 43.1. The smallest absolute Gasteiger partial charge is 0.220 e. The first-order valence-corrected chi connectivity index (χ1v) is 30.7.